The van der Waals surface area contributed by atoms with Crippen LogP contribution in [0.1, 0.15) is 24.5 Å². The van der Waals surface area contributed by atoms with Gasteiger partial charge in [0.2, 0.25) is 6.79 Å². The summed E-state index contributed by atoms with van der Waals surface area (Å²) in [5, 5.41) is 0. The molecule has 1 heterocycles. The number of alkyl halides is 2. The summed E-state index contributed by atoms with van der Waals surface area (Å²) in [5.74, 6) is -2.14. The topological polar surface area (TPSA) is 35.5 Å². The molecule has 3 nitrogen and oxygen atoms in total. The lowest BCUT2D eigenvalue weighted by molar-refractivity contribution is -0.107. The molecular formula is C12H12F2O3. The SMILES string of the molecule is CC(F)(F)c1cc(CCC=O)c2c(c1)OCO2. The molecule has 1 aliphatic heterocycles. The van der Waals surface area contributed by atoms with E-state index in [0.29, 0.717) is 23.5 Å². The minimum atomic E-state index is -2.93. The molecule has 2 rings (SSSR count). The Balaban J connectivity index is 2.42. The fourth-order valence-electron chi connectivity index (χ4n) is 1.74. The fourth-order valence-corrected chi connectivity index (χ4v) is 1.74. The Kier molecular flexibility index (Phi) is 3.00. The van der Waals surface area contributed by atoms with Crippen LogP contribution < -0.4 is 9.47 Å². The summed E-state index contributed by atoms with van der Waals surface area (Å²) in [6.45, 7) is 0.857. The van der Waals surface area contributed by atoms with Gasteiger partial charge in [-0.25, -0.2) is 8.78 Å². The average Bonchev–Trinajstić information content (AvgIpc) is 2.72. The standard InChI is InChI=1S/C12H12F2O3/c1-12(13,14)9-5-8(3-2-4-15)11-10(6-9)16-7-17-11/h4-6H,2-3,7H2,1H3. The maximum atomic E-state index is 13.3. The summed E-state index contributed by atoms with van der Waals surface area (Å²) in [6, 6.07) is 2.66. The molecule has 92 valence electrons. The van der Waals surface area contributed by atoms with Gasteiger partial charge in [-0.3, -0.25) is 0 Å². The van der Waals surface area contributed by atoms with Gasteiger partial charge >= 0.3 is 0 Å². The molecule has 0 amide bonds. The van der Waals surface area contributed by atoms with Crippen molar-refractivity contribution in [2.24, 2.45) is 0 Å². The molecule has 5 heteroatoms. The lowest BCUT2D eigenvalue weighted by Gasteiger charge is -2.13. The molecule has 17 heavy (non-hydrogen) atoms. The lowest BCUT2D eigenvalue weighted by atomic mass is 10.0. The molecular weight excluding hydrogens is 230 g/mol. The number of ether oxygens (including phenoxy) is 2. The van der Waals surface area contributed by atoms with Crippen molar-refractivity contribution in [1.82, 2.24) is 0 Å². The molecule has 1 aromatic carbocycles. The van der Waals surface area contributed by atoms with Crippen LogP contribution in [0.3, 0.4) is 0 Å². The Bertz CT molecular complexity index is 438. The number of rotatable bonds is 4. The van der Waals surface area contributed by atoms with Crippen molar-refractivity contribution in [3.8, 4) is 11.5 Å². The van der Waals surface area contributed by atoms with Crippen LogP contribution in [0.2, 0.25) is 0 Å². The van der Waals surface area contributed by atoms with Crippen molar-refractivity contribution in [3.63, 3.8) is 0 Å². The van der Waals surface area contributed by atoms with E-state index < -0.39 is 5.92 Å². The number of carbonyl (C=O) groups is 1. The van der Waals surface area contributed by atoms with E-state index in [4.69, 9.17) is 9.47 Å². The molecule has 0 aromatic heterocycles. The monoisotopic (exact) mass is 242 g/mol. The van der Waals surface area contributed by atoms with Gasteiger partial charge in [-0.15, -0.1) is 0 Å². The van der Waals surface area contributed by atoms with Crippen LogP contribution in [-0.4, -0.2) is 13.1 Å². The molecule has 0 radical (unpaired) electrons. The van der Waals surface area contributed by atoms with Crippen LogP contribution in [0.15, 0.2) is 12.1 Å². The molecule has 0 N–H and O–H groups in total. The molecule has 0 aliphatic carbocycles. The van der Waals surface area contributed by atoms with Crippen LogP contribution in [0, 0.1) is 0 Å². The Morgan fingerprint density at radius 1 is 1.41 bits per heavy atom. The number of halogens is 2. The zero-order valence-electron chi connectivity index (χ0n) is 9.33. The Labute approximate surface area is 97.3 Å². The predicted molar refractivity (Wildman–Crippen MR) is 56.5 cm³/mol. The van der Waals surface area contributed by atoms with Gasteiger partial charge < -0.3 is 14.3 Å². The third-order valence-corrected chi connectivity index (χ3v) is 2.59. The first-order valence-electron chi connectivity index (χ1n) is 5.27. The van der Waals surface area contributed by atoms with E-state index in [0.717, 1.165) is 13.2 Å². The summed E-state index contributed by atoms with van der Waals surface area (Å²) in [5.41, 5.74) is 0.464. The van der Waals surface area contributed by atoms with Crippen LogP contribution in [-0.2, 0) is 17.1 Å². The number of aldehydes is 1. The molecule has 0 unspecified atom stereocenters. The summed E-state index contributed by atoms with van der Waals surface area (Å²) in [6.07, 6.45) is 1.40. The second kappa shape index (κ2) is 4.31. The Morgan fingerprint density at radius 2 is 2.18 bits per heavy atom. The second-order valence-electron chi connectivity index (χ2n) is 3.96. The third-order valence-electron chi connectivity index (χ3n) is 2.59. The number of hydrogen-bond donors (Lipinski definition) is 0. The van der Waals surface area contributed by atoms with Crippen molar-refractivity contribution in [2.45, 2.75) is 25.7 Å². The molecule has 0 bridgehead atoms. The Morgan fingerprint density at radius 3 is 2.82 bits per heavy atom. The lowest BCUT2D eigenvalue weighted by Crippen LogP contribution is -2.07. The molecule has 0 saturated carbocycles. The highest BCUT2D eigenvalue weighted by Gasteiger charge is 2.29. The number of carbonyl (C=O) groups excluding carboxylic acids is 1. The number of benzene rings is 1. The van der Waals surface area contributed by atoms with Crippen LogP contribution in [0.5, 0.6) is 11.5 Å². The predicted octanol–water partition coefficient (Wildman–Crippen LogP) is 2.66. The van der Waals surface area contributed by atoms with Crippen molar-refractivity contribution in [2.75, 3.05) is 6.79 Å². The van der Waals surface area contributed by atoms with Gasteiger partial charge in [0.1, 0.15) is 6.29 Å². The van der Waals surface area contributed by atoms with E-state index in [2.05, 4.69) is 0 Å². The normalized spacial score (nSPS) is 13.8. The number of fused-ring (bicyclic) bond motifs is 1. The van der Waals surface area contributed by atoms with Crippen LogP contribution in [0.4, 0.5) is 8.78 Å². The zero-order valence-corrected chi connectivity index (χ0v) is 9.33. The highest BCUT2D eigenvalue weighted by Crippen LogP contribution is 2.41. The summed E-state index contributed by atoms with van der Waals surface area (Å²) >= 11 is 0. The van der Waals surface area contributed by atoms with Gasteiger partial charge in [0.25, 0.3) is 5.92 Å². The van der Waals surface area contributed by atoms with E-state index in [-0.39, 0.29) is 18.8 Å². The van der Waals surface area contributed by atoms with E-state index in [9.17, 15) is 13.6 Å². The third kappa shape index (κ3) is 2.38. The van der Waals surface area contributed by atoms with Gasteiger partial charge in [0.15, 0.2) is 11.5 Å². The van der Waals surface area contributed by atoms with Crippen molar-refractivity contribution in [3.05, 3.63) is 23.3 Å². The van der Waals surface area contributed by atoms with Crippen LogP contribution in [0.25, 0.3) is 0 Å². The maximum Gasteiger partial charge on any atom is 0.270 e. The van der Waals surface area contributed by atoms with Gasteiger partial charge in [-0.2, -0.15) is 0 Å². The van der Waals surface area contributed by atoms with E-state index in [1.165, 1.54) is 12.1 Å². The van der Waals surface area contributed by atoms with Crippen molar-refractivity contribution >= 4 is 6.29 Å². The Hall–Kier alpha value is -1.65. The van der Waals surface area contributed by atoms with Crippen molar-refractivity contribution in [1.29, 1.82) is 0 Å². The van der Waals surface area contributed by atoms with Gasteiger partial charge in [-0.1, -0.05) is 0 Å². The minimum Gasteiger partial charge on any atom is -0.454 e. The number of aryl methyl sites for hydroxylation is 1. The van der Waals surface area contributed by atoms with Gasteiger partial charge in [-0.05, 0) is 24.1 Å². The summed E-state index contributed by atoms with van der Waals surface area (Å²) in [4.78, 5) is 10.3. The summed E-state index contributed by atoms with van der Waals surface area (Å²) < 4.78 is 36.8. The van der Waals surface area contributed by atoms with E-state index in [1.54, 1.807) is 0 Å². The average molecular weight is 242 g/mol. The first-order valence-corrected chi connectivity index (χ1v) is 5.27. The van der Waals surface area contributed by atoms with Gasteiger partial charge in [0, 0.05) is 18.9 Å². The molecule has 0 saturated heterocycles. The first-order chi connectivity index (χ1) is 8.02. The molecule has 1 aliphatic rings. The molecule has 0 fully saturated rings. The molecule has 0 spiro atoms. The second-order valence-corrected chi connectivity index (χ2v) is 3.96. The summed E-state index contributed by atoms with van der Waals surface area (Å²) in [7, 11) is 0. The highest BCUT2D eigenvalue weighted by atomic mass is 19.3. The minimum absolute atomic E-state index is 0.0299. The largest absolute Gasteiger partial charge is 0.454 e. The zero-order chi connectivity index (χ0) is 12.5. The van der Waals surface area contributed by atoms with Crippen molar-refractivity contribution < 1.29 is 23.0 Å². The van der Waals surface area contributed by atoms with Crippen LogP contribution >= 0.6 is 0 Å². The maximum absolute atomic E-state index is 13.3. The first kappa shape index (κ1) is 11.8. The highest BCUT2D eigenvalue weighted by molar-refractivity contribution is 5.55. The van der Waals surface area contributed by atoms with Gasteiger partial charge in [0.05, 0.1) is 0 Å². The molecule has 0 atom stereocenters. The van der Waals surface area contributed by atoms with E-state index >= 15 is 0 Å². The fraction of sp³-hybridized carbons (Fsp3) is 0.417. The van der Waals surface area contributed by atoms with E-state index in [1.807, 2.05) is 0 Å². The number of hydrogen-bond acceptors (Lipinski definition) is 3. The smallest absolute Gasteiger partial charge is 0.270 e. The quantitative estimate of drug-likeness (QED) is 0.761. The molecule has 1 aromatic rings.